The summed E-state index contributed by atoms with van der Waals surface area (Å²) < 4.78 is 0. The lowest BCUT2D eigenvalue weighted by Crippen LogP contribution is -1.79. The number of allylic oxidation sites excluding steroid dienone is 14. The van der Waals surface area contributed by atoms with E-state index in [1.807, 2.05) is 0 Å². The van der Waals surface area contributed by atoms with Crippen LogP contribution in [-0.4, -0.2) is 6.29 Å². The van der Waals surface area contributed by atoms with Gasteiger partial charge < -0.3 is 4.79 Å². The zero-order chi connectivity index (χ0) is 21.1. The van der Waals surface area contributed by atoms with Gasteiger partial charge in [0.2, 0.25) is 0 Å². The van der Waals surface area contributed by atoms with Crippen molar-refractivity contribution in [1.29, 1.82) is 0 Å². The average Bonchev–Trinajstić information content (AvgIpc) is 2.58. The van der Waals surface area contributed by atoms with Crippen LogP contribution < -0.4 is 0 Å². The molecule has 0 aliphatic carbocycles. The van der Waals surface area contributed by atoms with E-state index < -0.39 is 0 Å². The first-order valence-corrected chi connectivity index (χ1v) is 9.76. The maximum Gasteiger partial charge on any atom is 0.116 e. The maximum absolute atomic E-state index is 8.81. The van der Waals surface area contributed by atoms with Crippen LogP contribution in [0.1, 0.15) is 74.7 Å². The molecule has 0 saturated heterocycles. The van der Waals surface area contributed by atoms with Crippen LogP contribution in [0.5, 0.6) is 0 Å². The molecule has 0 N–H and O–H groups in total. The van der Waals surface area contributed by atoms with Crippen molar-refractivity contribution >= 4 is 6.29 Å². The SMILES string of the molecule is C/C=C(/C=C\C(=C/CC=C(C)C)\C=C\CC=C(C)C)CC=C(C)C.CC=O. The summed E-state index contributed by atoms with van der Waals surface area (Å²) >= 11 is 0. The van der Waals surface area contributed by atoms with Crippen LogP contribution in [-0.2, 0) is 4.79 Å². The van der Waals surface area contributed by atoms with Crippen LogP contribution in [0, 0.1) is 0 Å². The first-order valence-electron chi connectivity index (χ1n) is 9.76. The molecule has 1 nitrogen and oxygen atoms in total. The summed E-state index contributed by atoms with van der Waals surface area (Å²) in [5.41, 5.74) is 6.71. The van der Waals surface area contributed by atoms with Gasteiger partial charge >= 0.3 is 0 Å². The Hall–Kier alpha value is -2.15. The van der Waals surface area contributed by atoms with Crippen molar-refractivity contribution in [1.82, 2.24) is 0 Å². The first-order chi connectivity index (χ1) is 12.8. The van der Waals surface area contributed by atoms with Crippen molar-refractivity contribution in [2.45, 2.75) is 74.7 Å². The van der Waals surface area contributed by atoms with Crippen LogP contribution >= 0.6 is 0 Å². The van der Waals surface area contributed by atoms with Gasteiger partial charge in [0, 0.05) is 0 Å². The molecular weight excluding hydrogens is 328 g/mol. The van der Waals surface area contributed by atoms with Crippen molar-refractivity contribution in [2.75, 3.05) is 0 Å². The number of aldehydes is 1. The van der Waals surface area contributed by atoms with E-state index in [2.05, 4.69) is 103 Å². The van der Waals surface area contributed by atoms with E-state index in [1.165, 1.54) is 34.8 Å². The van der Waals surface area contributed by atoms with Gasteiger partial charge in [-0.3, -0.25) is 0 Å². The van der Waals surface area contributed by atoms with E-state index in [0.29, 0.717) is 0 Å². The molecule has 0 spiro atoms. The predicted molar refractivity (Wildman–Crippen MR) is 124 cm³/mol. The molecule has 1 heteroatoms. The molecule has 27 heavy (non-hydrogen) atoms. The van der Waals surface area contributed by atoms with Gasteiger partial charge in [0.1, 0.15) is 6.29 Å². The maximum atomic E-state index is 8.81. The van der Waals surface area contributed by atoms with Crippen LogP contribution in [0.4, 0.5) is 0 Å². The lowest BCUT2D eigenvalue weighted by molar-refractivity contribution is -0.106. The molecule has 0 heterocycles. The Balaban J connectivity index is 0. The molecule has 0 aromatic carbocycles. The minimum atomic E-state index is 0.750. The molecule has 0 radical (unpaired) electrons. The van der Waals surface area contributed by atoms with Crippen LogP contribution in [0.15, 0.2) is 82.5 Å². The quantitative estimate of drug-likeness (QED) is 0.227. The fraction of sp³-hybridized carbons (Fsp3) is 0.423. The number of carbonyl (C=O) groups excluding carboxylic acids is 1. The fourth-order valence-corrected chi connectivity index (χ4v) is 1.94. The van der Waals surface area contributed by atoms with Gasteiger partial charge in [-0.25, -0.2) is 0 Å². The average molecular weight is 369 g/mol. The Kier molecular flexibility index (Phi) is 18.7. The lowest BCUT2D eigenvalue weighted by atomic mass is 10.1. The van der Waals surface area contributed by atoms with E-state index in [-0.39, 0.29) is 0 Å². The van der Waals surface area contributed by atoms with E-state index in [9.17, 15) is 0 Å². The van der Waals surface area contributed by atoms with Gasteiger partial charge in [-0.2, -0.15) is 0 Å². The highest BCUT2D eigenvalue weighted by Crippen LogP contribution is 2.11. The Morgan fingerprint density at radius 2 is 1.19 bits per heavy atom. The van der Waals surface area contributed by atoms with Gasteiger partial charge in [-0.05, 0) is 85.8 Å². The highest BCUT2D eigenvalue weighted by molar-refractivity contribution is 5.44. The highest BCUT2D eigenvalue weighted by atomic mass is 16.1. The van der Waals surface area contributed by atoms with Gasteiger partial charge in [-0.15, -0.1) is 0 Å². The molecule has 0 unspecified atom stereocenters. The van der Waals surface area contributed by atoms with Crippen molar-refractivity contribution in [2.24, 2.45) is 0 Å². The third-order valence-electron chi connectivity index (χ3n) is 3.46. The standard InChI is InChI=1S/C24H36.C2H4O/c1-8-23(17-16-22(6)7)18-19-24(15-11-13-21(4)5)14-10-9-12-20(2)3;1-2-3/h8,10,12-16,18-19H,9,11,17H2,1-7H3;2H,1H3/b14-10+,19-18-,23-8+,24-15-;. The summed E-state index contributed by atoms with van der Waals surface area (Å²) in [7, 11) is 0. The molecule has 150 valence electrons. The number of rotatable bonds is 9. The second-order valence-corrected chi connectivity index (χ2v) is 7.06. The minimum absolute atomic E-state index is 0.750. The molecule has 0 aliphatic rings. The molecule has 0 fully saturated rings. The molecular formula is C26H40O. The molecule has 0 rings (SSSR count). The molecule has 0 aliphatic heterocycles. The second-order valence-electron chi connectivity index (χ2n) is 7.06. The van der Waals surface area contributed by atoms with E-state index in [4.69, 9.17) is 4.79 Å². The summed E-state index contributed by atoms with van der Waals surface area (Å²) in [6.07, 6.45) is 23.9. The second kappa shape index (κ2) is 18.6. The summed E-state index contributed by atoms with van der Waals surface area (Å²) in [6, 6.07) is 0. The van der Waals surface area contributed by atoms with Gasteiger partial charge in [0.25, 0.3) is 0 Å². The Morgan fingerprint density at radius 3 is 1.67 bits per heavy atom. The third kappa shape index (κ3) is 21.8. The molecule has 0 aromatic heterocycles. The zero-order valence-electron chi connectivity index (χ0n) is 18.8. The molecule has 0 saturated carbocycles. The highest BCUT2D eigenvalue weighted by Gasteiger charge is 1.91. The van der Waals surface area contributed by atoms with Crippen molar-refractivity contribution in [3.05, 3.63) is 82.5 Å². The zero-order valence-corrected chi connectivity index (χ0v) is 18.8. The number of hydrogen-bond donors (Lipinski definition) is 0. The molecule has 0 atom stereocenters. The summed E-state index contributed by atoms with van der Waals surface area (Å²) in [6.45, 7) is 16.4. The first kappa shape index (κ1) is 27.1. The number of hydrogen-bond acceptors (Lipinski definition) is 1. The summed E-state index contributed by atoms with van der Waals surface area (Å²) in [4.78, 5) is 8.81. The molecule has 0 amide bonds. The van der Waals surface area contributed by atoms with Crippen LogP contribution in [0.3, 0.4) is 0 Å². The number of carbonyl (C=O) groups is 1. The van der Waals surface area contributed by atoms with E-state index >= 15 is 0 Å². The van der Waals surface area contributed by atoms with Crippen molar-refractivity contribution in [3.63, 3.8) is 0 Å². The predicted octanol–water partition coefficient (Wildman–Crippen LogP) is 8.25. The fourth-order valence-electron chi connectivity index (χ4n) is 1.94. The van der Waals surface area contributed by atoms with Gasteiger partial charge in [0.05, 0.1) is 0 Å². The summed E-state index contributed by atoms with van der Waals surface area (Å²) in [5, 5.41) is 0. The lowest BCUT2D eigenvalue weighted by Gasteiger charge is -1.99. The molecule has 0 bridgehead atoms. The van der Waals surface area contributed by atoms with E-state index in [1.54, 1.807) is 0 Å². The monoisotopic (exact) mass is 368 g/mol. The topological polar surface area (TPSA) is 17.1 Å². The van der Waals surface area contributed by atoms with Crippen molar-refractivity contribution in [3.8, 4) is 0 Å². The minimum Gasteiger partial charge on any atom is -0.304 e. The van der Waals surface area contributed by atoms with Crippen LogP contribution in [0.2, 0.25) is 0 Å². The molecule has 0 aromatic rings. The summed E-state index contributed by atoms with van der Waals surface area (Å²) in [5.74, 6) is 0. The Bertz CT molecular complexity index is 605. The normalized spacial score (nSPS) is 11.7. The van der Waals surface area contributed by atoms with Gasteiger partial charge in [-0.1, -0.05) is 71.4 Å². The third-order valence-corrected chi connectivity index (χ3v) is 3.46. The smallest absolute Gasteiger partial charge is 0.116 e. The van der Waals surface area contributed by atoms with Gasteiger partial charge in [0.15, 0.2) is 0 Å². The Morgan fingerprint density at radius 1 is 0.667 bits per heavy atom. The van der Waals surface area contributed by atoms with Crippen molar-refractivity contribution < 1.29 is 4.79 Å². The van der Waals surface area contributed by atoms with E-state index in [0.717, 1.165) is 25.5 Å². The largest absolute Gasteiger partial charge is 0.304 e. The Labute approximate surface area is 168 Å². The van der Waals surface area contributed by atoms with Crippen LogP contribution in [0.25, 0.3) is 0 Å².